The number of nitrogens with zero attached hydrogens (tertiary/aromatic N) is 2. The highest BCUT2D eigenvalue weighted by molar-refractivity contribution is 5.97. The fourth-order valence-corrected chi connectivity index (χ4v) is 4.97. The van der Waals surface area contributed by atoms with Crippen molar-refractivity contribution >= 4 is 22.7 Å². The number of carbonyl (C=O) groups excluding carboxylic acids is 2. The molecule has 1 saturated carbocycles. The van der Waals surface area contributed by atoms with Crippen molar-refractivity contribution in [1.82, 2.24) is 20.2 Å². The highest BCUT2D eigenvalue weighted by Crippen LogP contribution is 2.53. The Bertz CT molecular complexity index is 1040. The Morgan fingerprint density at radius 2 is 2.07 bits per heavy atom. The van der Waals surface area contributed by atoms with Crippen molar-refractivity contribution in [3.63, 3.8) is 0 Å². The first-order valence-electron chi connectivity index (χ1n) is 10.7. The van der Waals surface area contributed by atoms with Crippen LogP contribution in [0.3, 0.4) is 0 Å². The monoisotopic (exact) mass is 402 g/mol. The van der Waals surface area contributed by atoms with Gasteiger partial charge in [-0.3, -0.25) is 14.6 Å². The second-order valence-electron chi connectivity index (χ2n) is 8.53. The van der Waals surface area contributed by atoms with Crippen LogP contribution < -0.4 is 5.32 Å². The maximum atomic E-state index is 13.1. The molecule has 6 heteroatoms. The standard InChI is InChI=1S/C24H26N4O2/c29-22(12-17-6-2-1-3-7-17)28-11-5-4-9-24(28)14-19(24)16-26-23(30)21-13-18-15-25-10-8-20(18)27-21/h1-3,6-8,10,13,15,19,27H,4-5,9,11-12,14,16H2,(H,26,30). The van der Waals surface area contributed by atoms with Gasteiger partial charge in [-0.2, -0.15) is 0 Å². The Morgan fingerprint density at radius 1 is 1.20 bits per heavy atom. The minimum Gasteiger partial charge on any atom is -0.350 e. The lowest BCUT2D eigenvalue weighted by atomic mass is 9.96. The fraction of sp³-hybridized carbons (Fsp3) is 0.375. The van der Waals surface area contributed by atoms with Gasteiger partial charge in [-0.15, -0.1) is 0 Å². The van der Waals surface area contributed by atoms with Gasteiger partial charge in [0.2, 0.25) is 5.91 Å². The molecule has 3 heterocycles. The predicted octanol–water partition coefficient (Wildman–Crippen LogP) is 3.31. The molecule has 6 nitrogen and oxygen atoms in total. The van der Waals surface area contributed by atoms with Crippen LogP contribution in [0.5, 0.6) is 0 Å². The molecule has 2 fully saturated rings. The van der Waals surface area contributed by atoms with E-state index in [2.05, 4.69) is 20.2 Å². The molecule has 3 aromatic rings. The maximum absolute atomic E-state index is 13.1. The molecule has 2 N–H and O–H groups in total. The van der Waals surface area contributed by atoms with E-state index in [-0.39, 0.29) is 17.4 Å². The smallest absolute Gasteiger partial charge is 0.267 e. The minimum atomic E-state index is -0.105. The summed E-state index contributed by atoms with van der Waals surface area (Å²) in [5.41, 5.74) is 2.44. The molecule has 154 valence electrons. The molecule has 0 radical (unpaired) electrons. The van der Waals surface area contributed by atoms with Gasteiger partial charge in [0.1, 0.15) is 5.69 Å². The molecule has 0 bridgehead atoms. The molecule has 1 aromatic carbocycles. The second kappa shape index (κ2) is 7.59. The number of hydrogen-bond donors (Lipinski definition) is 2. The summed E-state index contributed by atoms with van der Waals surface area (Å²) in [5, 5.41) is 4.00. The Hall–Kier alpha value is -3.15. The quantitative estimate of drug-likeness (QED) is 0.687. The van der Waals surface area contributed by atoms with Crippen LogP contribution in [0.25, 0.3) is 10.9 Å². The number of benzene rings is 1. The Balaban J connectivity index is 1.23. The highest BCUT2D eigenvalue weighted by atomic mass is 16.2. The van der Waals surface area contributed by atoms with Crippen molar-refractivity contribution in [2.45, 2.75) is 37.6 Å². The van der Waals surface area contributed by atoms with Gasteiger partial charge in [-0.1, -0.05) is 30.3 Å². The predicted molar refractivity (Wildman–Crippen MR) is 115 cm³/mol. The van der Waals surface area contributed by atoms with Crippen LogP contribution >= 0.6 is 0 Å². The average molecular weight is 402 g/mol. The number of nitrogens with one attached hydrogen (secondary N) is 2. The highest BCUT2D eigenvalue weighted by Gasteiger charge is 2.59. The zero-order chi connectivity index (χ0) is 20.6. The summed E-state index contributed by atoms with van der Waals surface area (Å²) < 4.78 is 0. The van der Waals surface area contributed by atoms with Crippen molar-refractivity contribution in [3.8, 4) is 0 Å². The number of pyridine rings is 1. The first kappa shape index (κ1) is 18.9. The number of aromatic amines is 1. The van der Waals surface area contributed by atoms with Crippen LogP contribution in [-0.4, -0.2) is 45.3 Å². The van der Waals surface area contributed by atoms with Gasteiger partial charge in [-0.25, -0.2) is 0 Å². The van der Waals surface area contributed by atoms with E-state index in [9.17, 15) is 9.59 Å². The molecule has 2 unspecified atom stereocenters. The zero-order valence-electron chi connectivity index (χ0n) is 16.9. The van der Waals surface area contributed by atoms with Crippen LogP contribution in [-0.2, 0) is 11.2 Å². The van der Waals surface area contributed by atoms with Crippen LogP contribution in [0.15, 0.2) is 54.9 Å². The molecular formula is C24H26N4O2. The van der Waals surface area contributed by atoms with Gasteiger partial charge in [0, 0.05) is 47.8 Å². The Labute approximate surface area is 175 Å². The number of aromatic nitrogens is 2. The largest absolute Gasteiger partial charge is 0.350 e. The van der Waals surface area contributed by atoms with Crippen LogP contribution in [0.2, 0.25) is 0 Å². The third-order valence-corrected chi connectivity index (χ3v) is 6.65. The van der Waals surface area contributed by atoms with E-state index in [1.54, 1.807) is 12.4 Å². The number of piperidine rings is 1. The summed E-state index contributed by atoms with van der Waals surface area (Å²) in [6.45, 7) is 1.42. The Kier molecular flexibility index (Phi) is 4.77. The lowest BCUT2D eigenvalue weighted by Gasteiger charge is -2.37. The fourth-order valence-electron chi connectivity index (χ4n) is 4.97. The van der Waals surface area contributed by atoms with E-state index in [0.29, 0.717) is 24.6 Å². The normalized spacial score (nSPS) is 22.9. The molecule has 5 rings (SSSR count). The van der Waals surface area contributed by atoms with Gasteiger partial charge in [-0.05, 0) is 43.4 Å². The van der Waals surface area contributed by atoms with Crippen molar-refractivity contribution in [1.29, 1.82) is 0 Å². The van der Waals surface area contributed by atoms with E-state index >= 15 is 0 Å². The van der Waals surface area contributed by atoms with Crippen LogP contribution in [0.1, 0.15) is 41.7 Å². The molecule has 1 aliphatic heterocycles. The molecule has 2 atom stereocenters. The number of fused-ring (bicyclic) bond motifs is 1. The number of amides is 2. The van der Waals surface area contributed by atoms with E-state index in [1.165, 1.54) is 0 Å². The number of rotatable bonds is 5. The summed E-state index contributed by atoms with van der Waals surface area (Å²) >= 11 is 0. The van der Waals surface area contributed by atoms with Gasteiger partial charge < -0.3 is 15.2 Å². The van der Waals surface area contributed by atoms with E-state index in [1.807, 2.05) is 42.5 Å². The van der Waals surface area contributed by atoms with Crippen molar-refractivity contribution < 1.29 is 9.59 Å². The van der Waals surface area contributed by atoms with Gasteiger partial charge in [0.25, 0.3) is 5.91 Å². The summed E-state index contributed by atoms with van der Waals surface area (Å²) in [4.78, 5) is 35.0. The molecule has 30 heavy (non-hydrogen) atoms. The second-order valence-corrected chi connectivity index (χ2v) is 8.53. The topological polar surface area (TPSA) is 78.1 Å². The summed E-state index contributed by atoms with van der Waals surface area (Å²) in [6, 6.07) is 13.6. The first-order valence-corrected chi connectivity index (χ1v) is 10.7. The van der Waals surface area contributed by atoms with E-state index in [0.717, 1.165) is 48.7 Å². The molecular weight excluding hydrogens is 376 g/mol. The lowest BCUT2D eigenvalue weighted by Crippen LogP contribution is -2.48. The SMILES string of the molecule is O=C(NCC1CC12CCCCN2C(=O)Cc1ccccc1)c1cc2cnccc2[nH]1. The lowest BCUT2D eigenvalue weighted by molar-refractivity contribution is -0.135. The molecule has 2 amide bonds. The first-order chi connectivity index (χ1) is 14.7. The number of carbonyl (C=O) groups is 2. The number of likely N-dealkylation sites (tertiary alicyclic amines) is 1. The molecule has 1 saturated heterocycles. The number of H-pyrrole nitrogens is 1. The third kappa shape index (κ3) is 3.47. The third-order valence-electron chi connectivity index (χ3n) is 6.65. The van der Waals surface area contributed by atoms with Gasteiger partial charge in [0.15, 0.2) is 0 Å². The van der Waals surface area contributed by atoms with Gasteiger partial charge in [0.05, 0.1) is 6.42 Å². The molecule has 1 aliphatic carbocycles. The molecule has 2 aliphatic rings. The number of hydrogen-bond acceptors (Lipinski definition) is 3. The van der Waals surface area contributed by atoms with E-state index < -0.39 is 0 Å². The Morgan fingerprint density at radius 3 is 2.90 bits per heavy atom. The van der Waals surface area contributed by atoms with E-state index in [4.69, 9.17) is 0 Å². The molecule has 1 spiro atoms. The molecule has 2 aromatic heterocycles. The van der Waals surface area contributed by atoms with Gasteiger partial charge >= 0.3 is 0 Å². The summed E-state index contributed by atoms with van der Waals surface area (Å²) in [6.07, 6.45) is 8.12. The summed E-state index contributed by atoms with van der Waals surface area (Å²) in [5.74, 6) is 0.427. The van der Waals surface area contributed by atoms with Crippen LogP contribution in [0.4, 0.5) is 0 Å². The maximum Gasteiger partial charge on any atom is 0.267 e. The van der Waals surface area contributed by atoms with Crippen molar-refractivity contribution in [3.05, 3.63) is 66.1 Å². The van der Waals surface area contributed by atoms with Crippen molar-refractivity contribution in [2.24, 2.45) is 5.92 Å². The zero-order valence-corrected chi connectivity index (χ0v) is 16.9. The van der Waals surface area contributed by atoms with Crippen molar-refractivity contribution in [2.75, 3.05) is 13.1 Å². The summed E-state index contributed by atoms with van der Waals surface area (Å²) in [7, 11) is 0. The van der Waals surface area contributed by atoms with Crippen LogP contribution in [0, 0.1) is 5.92 Å². The minimum absolute atomic E-state index is 0.0677. The average Bonchev–Trinajstić information content (AvgIpc) is 3.26.